The predicted octanol–water partition coefficient (Wildman–Crippen LogP) is 1.16. The standard InChI is InChI=1S/C11H20N2O/c1-3-4-9-13(10(2)14)11-5-7-12-8-6-11/h3-4,11-12H,5-9H2,1-2H3/b4-3-. The second-order valence-electron chi connectivity index (χ2n) is 3.72. The van der Waals surface area contributed by atoms with Gasteiger partial charge in [0.15, 0.2) is 0 Å². The van der Waals surface area contributed by atoms with Crippen molar-refractivity contribution in [2.45, 2.75) is 32.7 Å². The molecule has 1 rings (SSSR count). The number of amides is 1. The second kappa shape index (κ2) is 5.81. The minimum Gasteiger partial charge on any atom is -0.336 e. The maximum absolute atomic E-state index is 11.4. The van der Waals surface area contributed by atoms with Gasteiger partial charge in [0.25, 0.3) is 0 Å². The maximum Gasteiger partial charge on any atom is 0.219 e. The number of hydrogen-bond donors (Lipinski definition) is 1. The van der Waals surface area contributed by atoms with Crippen molar-refractivity contribution in [1.82, 2.24) is 10.2 Å². The van der Waals surface area contributed by atoms with Crippen molar-refractivity contribution in [3.8, 4) is 0 Å². The van der Waals surface area contributed by atoms with Crippen LogP contribution in [0.4, 0.5) is 0 Å². The summed E-state index contributed by atoms with van der Waals surface area (Å²) in [7, 11) is 0. The lowest BCUT2D eigenvalue weighted by molar-refractivity contribution is -0.131. The van der Waals surface area contributed by atoms with E-state index in [0.717, 1.165) is 32.5 Å². The number of hydrogen-bond acceptors (Lipinski definition) is 2. The van der Waals surface area contributed by atoms with E-state index in [9.17, 15) is 4.79 Å². The Morgan fingerprint density at radius 1 is 1.50 bits per heavy atom. The molecule has 1 amide bonds. The van der Waals surface area contributed by atoms with Crippen LogP contribution in [-0.4, -0.2) is 36.5 Å². The zero-order valence-corrected chi connectivity index (χ0v) is 9.12. The highest BCUT2D eigenvalue weighted by molar-refractivity contribution is 5.73. The molecule has 14 heavy (non-hydrogen) atoms. The Kier molecular flexibility index (Phi) is 4.66. The van der Waals surface area contributed by atoms with Gasteiger partial charge in [-0.2, -0.15) is 0 Å². The third-order valence-corrected chi connectivity index (χ3v) is 2.69. The van der Waals surface area contributed by atoms with Crippen LogP contribution in [0, 0.1) is 0 Å². The van der Waals surface area contributed by atoms with Crippen molar-refractivity contribution in [1.29, 1.82) is 0 Å². The summed E-state index contributed by atoms with van der Waals surface area (Å²) in [5.74, 6) is 0.190. The maximum atomic E-state index is 11.4. The molecule has 0 radical (unpaired) electrons. The Balaban J connectivity index is 2.51. The molecule has 80 valence electrons. The highest BCUT2D eigenvalue weighted by Gasteiger charge is 2.21. The molecule has 3 nitrogen and oxygen atoms in total. The highest BCUT2D eigenvalue weighted by Crippen LogP contribution is 2.11. The van der Waals surface area contributed by atoms with E-state index in [0.29, 0.717) is 6.04 Å². The van der Waals surface area contributed by atoms with Crippen molar-refractivity contribution >= 4 is 5.91 Å². The van der Waals surface area contributed by atoms with Crippen LogP contribution in [-0.2, 0) is 4.79 Å². The quantitative estimate of drug-likeness (QED) is 0.687. The van der Waals surface area contributed by atoms with Gasteiger partial charge in [-0.05, 0) is 32.9 Å². The summed E-state index contributed by atoms with van der Waals surface area (Å²) < 4.78 is 0. The van der Waals surface area contributed by atoms with Crippen molar-refractivity contribution < 1.29 is 4.79 Å². The first-order chi connectivity index (χ1) is 6.75. The van der Waals surface area contributed by atoms with Crippen LogP contribution >= 0.6 is 0 Å². The highest BCUT2D eigenvalue weighted by atomic mass is 16.2. The average Bonchev–Trinajstić information content (AvgIpc) is 2.19. The largest absolute Gasteiger partial charge is 0.336 e. The van der Waals surface area contributed by atoms with Gasteiger partial charge in [0, 0.05) is 19.5 Å². The number of nitrogens with one attached hydrogen (secondary N) is 1. The first-order valence-corrected chi connectivity index (χ1v) is 5.34. The van der Waals surface area contributed by atoms with Gasteiger partial charge >= 0.3 is 0 Å². The van der Waals surface area contributed by atoms with Crippen LogP contribution in [0.15, 0.2) is 12.2 Å². The molecule has 0 bridgehead atoms. The number of carbonyl (C=O) groups is 1. The van der Waals surface area contributed by atoms with E-state index >= 15 is 0 Å². The minimum absolute atomic E-state index is 0.190. The van der Waals surface area contributed by atoms with Gasteiger partial charge in [-0.25, -0.2) is 0 Å². The lowest BCUT2D eigenvalue weighted by atomic mass is 10.0. The van der Waals surface area contributed by atoms with E-state index < -0.39 is 0 Å². The fourth-order valence-electron chi connectivity index (χ4n) is 1.87. The summed E-state index contributed by atoms with van der Waals surface area (Å²) >= 11 is 0. The lowest BCUT2D eigenvalue weighted by Crippen LogP contribution is -2.45. The van der Waals surface area contributed by atoms with Gasteiger partial charge < -0.3 is 10.2 Å². The van der Waals surface area contributed by atoms with Gasteiger partial charge in [-0.15, -0.1) is 0 Å². The number of rotatable bonds is 3. The smallest absolute Gasteiger partial charge is 0.219 e. The minimum atomic E-state index is 0.190. The third-order valence-electron chi connectivity index (χ3n) is 2.69. The average molecular weight is 196 g/mol. The molecule has 1 aliphatic rings. The van der Waals surface area contributed by atoms with Crippen LogP contribution < -0.4 is 5.32 Å². The number of piperidine rings is 1. The zero-order valence-electron chi connectivity index (χ0n) is 9.12. The summed E-state index contributed by atoms with van der Waals surface area (Å²) in [5, 5.41) is 3.31. The van der Waals surface area contributed by atoms with Crippen LogP contribution in [0.2, 0.25) is 0 Å². The number of nitrogens with zero attached hydrogens (tertiary/aromatic N) is 1. The molecule has 1 fully saturated rings. The van der Waals surface area contributed by atoms with Crippen molar-refractivity contribution in [2.24, 2.45) is 0 Å². The second-order valence-corrected chi connectivity index (χ2v) is 3.72. The molecule has 1 saturated heterocycles. The van der Waals surface area contributed by atoms with Crippen LogP contribution in [0.5, 0.6) is 0 Å². The van der Waals surface area contributed by atoms with Gasteiger partial charge in [-0.3, -0.25) is 4.79 Å². The Hall–Kier alpha value is -0.830. The summed E-state index contributed by atoms with van der Waals surface area (Å²) in [4.78, 5) is 13.4. The van der Waals surface area contributed by atoms with Crippen LogP contribution in [0.1, 0.15) is 26.7 Å². The summed E-state index contributed by atoms with van der Waals surface area (Å²) in [5.41, 5.74) is 0. The fraction of sp³-hybridized carbons (Fsp3) is 0.727. The molecule has 1 aliphatic heterocycles. The van der Waals surface area contributed by atoms with E-state index in [2.05, 4.69) is 5.32 Å². The topological polar surface area (TPSA) is 32.3 Å². The van der Waals surface area contributed by atoms with Gasteiger partial charge in [0.2, 0.25) is 5.91 Å². The normalized spacial score (nSPS) is 18.7. The molecule has 0 saturated carbocycles. The van der Waals surface area contributed by atoms with E-state index in [1.807, 2.05) is 24.0 Å². The van der Waals surface area contributed by atoms with E-state index in [1.165, 1.54) is 0 Å². The molecule has 1 N–H and O–H groups in total. The molecule has 0 unspecified atom stereocenters. The Morgan fingerprint density at radius 2 is 2.14 bits per heavy atom. The summed E-state index contributed by atoms with van der Waals surface area (Å²) in [6.45, 7) is 6.47. The lowest BCUT2D eigenvalue weighted by Gasteiger charge is -2.33. The third kappa shape index (κ3) is 3.14. The van der Waals surface area contributed by atoms with Crippen molar-refractivity contribution in [2.75, 3.05) is 19.6 Å². The monoisotopic (exact) mass is 196 g/mol. The molecule has 0 aliphatic carbocycles. The Bertz CT molecular complexity index is 207. The van der Waals surface area contributed by atoms with Gasteiger partial charge in [0.05, 0.1) is 0 Å². The molecular formula is C11H20N2O. The molecule has 0 aromatic rings. The van der Waals surface area contributed by atoms with E-state index in [4.69, 9.17) is 0 Å². The zero-order chi connectivity index (χ0) is 10.4. The van der Waals surface area contributed by atoms with Crippen LogP contribution in [0.3, 0.4) is 0 Å². The molecule has 0 aromatic carbocycles. The molecule has 1 heterocycles. The SMILES string of the molecule is C/C=C\CN(C(C)=O)C1CCNCC1. The Labute approximate surface area is 86.2 Å². The molecule has 0 spiro atoms. The Morgan fingerprint density at radius 3 is 2.64 bits per heavy atom. The molecular weight excluding hydrogens is 176 g/mol. The van der Waals surface area contributed by atoms with E-state index in [-0.39, 0.29) is 5.91 Å². The van der Waals surface area contributed by atoms with Crippen molar-refractivity contribution in [3.63, 3.8) is 0 Å². The molecule has 0 aromatic heterocycles. The first kappa shape index (κ1) is 11.2. The van der Waals surface area contributed by atoms with Gasteiger partial charge in [0.1, 0.15) is 0 Å². The summed E-state index contributed by atoms with van der Waals surface area (Å²) in [6, 6.07) is 0.435. The number of allylic oxidation sites excluding steroid dienone is 1. The molecule has 0 atom stereocenters. The number of carbonyl (C=O) groups excluding carboxylic acids is 1. The predicted molar refractivity (Wildman–Crippen MR) is 58.1 cm³/mol. The van der Waals surface area contributed by atoms with Crippen LogP contribution in [0.25, 0.3) is 0 Å². The van der Waals surface area contributed by atoms with E-state index in [1.54, 1.807) is 6.92 Å². The fourth-order valence-corrected chi connectivity index (χ4v) is 1.87. The molecule has 3 heteroatoms. The first-order valence-electron chi connectivity index (χ1n) is 5.34. The summed E-state index contributed by atoms with van der Waals surface area (Å²) in [6.07, 6.45) is 6.20. The van der Waals surface area contributed by atoms with Gasteiger partial charge in [-0.1, -0.05) is 12.2 Å². The van der Waals surface area contributed by atoms with Crippen molar-refractivity contribution in [3.05, 3.63) is 12.2 Å².